The molecule has 0 atom stereocenters. The number of carbonyl (C=O) groups excluding carboxylic acids is 2. The fourth-order valence-corrected chi connectivity index (χ4v) is 3.74. The van der Waals surface area contributed by atoms with Crippen molar-refractivity contribution in [3.63, 3.8) is 0 Å². The third kappa shape index (κ3) is 3.03. The van der Waals surface area contributed by atoms with Gasteiger partial charge in [0.1, 0.15) is 11.5 Å². The zero-order chi connectivity index (χ0) is 19.0. The van der Waals surface area contributed by atoms with Gasteiger partial charge in [0, 0.05) is 37.9 Å². The fraction of sp³-hybridized carbons (Fsp3) is 0.400. The molecule has 7 heteroatoms. The van der Waals surface area contributed by atoms with Gasteiger partial charge in [-0.2, -0.15) is 0 Å². The van der Waals surface area contributed by atoms with Crippen LogP contribution in [0.25, 0.3) is 10.8 Å². The Morgan fingerprint density at radius 2 is 2.04 bits per heavy atom. The summed E-state index contributed by atoms with van der Waals surface area (Å²) in [6, 6.07) is 9.35. The van der Waals surface area contributed by atoms with Gasteiger partial charge in [-0.05, 0) is 30.5 Å². The van der Waals surface area contributed by atoms with Crippen molar-refractivity contribution in [3.8, 4) is 11.5 Å². The predicted molar refractivity (Wildman–Crippen MR) is 101 cm³/mol. The van der Waals surface area contributed by atoms with Gasteiger partial charge in [-0.1, -0.05) is 12.1 Å². The minimum atomic E-state index is -0.787. The molecule has 142 valence electrons. The molecule has 0 bridgehead atoms. The Labute approximate surface area is 157 Å². The molecule has 2 aromatic rings. The molecule has 1 saturated heterocycles. The lowest BCUT2D eigenvalue weighted by atomic mass is 9.95. The average molecular weight is 369 g/mol. The molecule has 2 aromatic carbocycles. The van der Waals surface area contributed by atoms with Crippen molar-refractivity contribution in [2.45, 2.75) is 25.5 Å². The van der Waals surface area contributed by atoms with Crippen LogP contribution in [0.5, 0.6) is 11.5 Å². The van der Waals surface area contributed by atoms with Crippen LogP contribution in [-0.4, -0.2) is 49.3 Å². The Hall–Kier alpha value is -2.96. The molecule has 2 aliphatic heterocycles. The van der Waals surface area contributed by atoms with Gasteiger partial charge in [-0.25, -0.2) is 4.79 Å². The van der Waals surface area contributed by atoms with Crippen LogP contribution in [0.15, 0.2) is 30.3 Å². The number of nitrogens with zero attached hydrogens (tertiary/aromatic N) is 1. The molecule has 0 saturated carbocycles. The fourth-order valence-electron chi connectivity index (χ4n) is 3.74. The number of fused-ring (bicyclic) bond motifs is 3. The first-order chi connectivity index (χ1) is 13.0. The van der Waals surface area contributed by atoms with E-state index in [2.05, 4.69) is 10.6 Å². The molecule has 0 unspecified atom stereocenters. The minimum Gasteiger partial charge on any atom is -0.497 e. The monoisotopic (exact) mass is 369 g/mol. The molecule has 27 heavy (non-hydrogen) atoms. The number of benzene rings is 2. The lowest BCUT2D eigenvalue weighted by Crippen LogP contribution is -2.62. The summed E-state index contributed by atoms with van der Waals surface area (Å²) < 4.78 is 11.7. The summed E-state index contributed by atoms with van der Waals surface area (Å²) in [6.45, 7) is 3.53. The quantitative estimate of drug-likeness (QED) is 0.852. The molecule has 0 aliphatic carbocycles. The second-order valence-corrected chi connectivity index (χ2v) is 6.90. The van der Waals surface area contributed by atoms with Crippen molar-refractivity contribution in [2.75, 3.05) is 26.7 Å². The summed E-state index contributed by atoms with van der Waals surface area (Å²) in [7, 11) is 1.61. The van der Waals surface area contributed by atoms with Gasteiger partial charge in [-0.15, -0.1) is 0 Å². The van der Waals surface area contributed by atoms with Crippen molar-refractivity contribution in [2.24, 2.45) is 0 Å². The SMILES string of the molecule is CCNC(=O)N1CCC2(CC1)NC(=O)c1ccc3ccc(OC)cc3c1O2. The maximum atomic E-state index is 12.8. The Morgan fingerprint density at radius 3 is 2.74 bits per heavy atom. The summed E-state index contributed by atoms with van der Waals surface area (Å²) in [6.07, 6.45) is 1.07. The van der Waals surface area contributed by atoms with Crippen LogP contribution in [0.3, 0.4) is 0 Å². The van der Waals surface area contributed by atoms with Gasteiger partial charge in [0.15, 0.2) is 5.72 Å². The number of methoxy groups -OCH3 is 1. The van der Waals surface area contributed by atoms with E-state index in [0.717, 1.165) is 10.8 Å². The van der Waals surface area contributed by atoms with E-state index in [1.807, 2.05) is 31.2 Å². The van der Waals surface area contributed by atoms with Crippen LogP contribution in [0.4, 0.5) is 4.79 Å². The smallest absolute Gasteiger partial charge is 0.317 e. The van der Waals surface area contributed by atoms with Crippen LogP contribution >= 0.6 is 0 Å². The van der Waals surface area contributed by atoms with Gasteiger partial charge in [0.25, 0.3) is 5.91 Å². The Balaban J connectivity index is 1.65. The van der Waals surface area contributed by atoms with Crippen molar-refractivity contribution in [3.05, 3.63) is 35.9 Å². The predicted octanol–water partition coefficient (Wildman–Crippen LogP) is 2.49. The van der Waals surface area contributed by atoms with Gasteiger partial charge >= 0.3 is 6.03 Å². The summed E-state index contributed by atoms with van der Waals surface area (Å²) in [5, 5.41) is 7.67. The van der Waals surface area contributed by atoms with Gasteiger partial charge in [-0.3, -0.25) is 4.79 Å². The highest BCUT2D eigenvalue weighted by atomic mass is 16.5. The number of rotatable bonds is 2. The highest BCUT2D eigenvalue weighted by molar-refractivity contribution is 6.05. The second kappa shape index (κ2) is 6.64. The Kier molecular flexibility index (Phi) is 4.30. The number of urea groups is 1. The first-order valence-electron chi connectivity index (χ1n) is 9.20. The second-order valence-electron chi connectivity index (χ2n) is 6.90. The summed E-state index contributed by atoms with van der Waals surface area (Å²) in [4.78, 5) is 26.6. The normalized spacial score (nSPS) is 17.9. The van der Waals surface area contributed by atoms with Crippen molar-refractivity contribution in [1.29, 1.82) is 0 Å². The van der Waals surface area contributed by atoms with Crippen LogP contribution in [0.1, 0.15) is 30.1 Å². The molecule has 1 fully saturated rings. The number of amides is 3. The topological polar surface area (TPSA) is 79.9 Å². The third-order valence-corrected chi connectivity index (χ3v) is 5.25. The molecule has 1 spiro atoms. The maximum absolute atomic E-state index is 12.8. The molecular formula is C20H23N3O4. The summed E-state index contributed by atoms with van der Waals surface area (Å²) in [5.41, 5.74) is -0.266. The largest absolute Gasteiger partial charge is 0.497 e. The first-order valence-corrected chi connectivity index (χ1v) is 9.20. The van der Waals surface area contributed by atoms with Gasteiger partial charge in [0.05, 0.1) is 12.7 Å². The molecule has 4 rings (SSSR count). The molecule has 2 heterocycles. The minimum absolute atomic E-state index is 0.0786. The van der Waals surface area contributed by atoms with E-state index in [-0.39, 0.29) is 11.9 Å². The van der Waals surface area contributed by atoms with Crippen molar-refractivity contribution >= 4 is 22.7 Å². The number of piperidine rings is 1. The zero-order valence-corrected chi connectivity index (χ0v) is 15.5. The van der Waals surface area contributed by atoms with Crippen LogP contribution in [-0.2, 0) is 0 Å². The van der Waals surface area contributed by atoms with Gasteiger partial charge < -0.3 is 25.0 Å². The highest BCUT2D eigenvalue weighted by Crippen LogP contribution is 2.39. The lowest BCUT2D eigenvalue weighted by molar-refractivity contribution is -0.0200. The highest BCUT2D eigenvalue weighted by Gasteiger charge is 2.43. The van der Waals surface area contributed by atoms with E-state index in [0.29, 0.717) is 49.5 Å². The number of ether oxygens (including phenoxy) is 2. The Morgan fingerprint density at radius 1 is 1.30 bits per heavy atom. The summed E-state index contributed by atoms with van der Waals surface area (Å²) in [5.74, 6) is 1.15. The van der Waals surface area contributed by atoms with Crippen molar-refractivity contribution < 1.29 is 19.1 Å². The molecule has 3 amide bonds. The number of hydrogen-bond acceptors (Lipinski definition) is 4. The van der Waals surface area contributed by atoms with E-state index < -0.39 is 5.72 Å². The van der Waals surface area contributed by atoms with E-state index in [1.165, 1.54) is 0 Å². The number of nitrogens with one attached hydrogen (secondary N) is 2. The molecule has 0 radical (unpaired) electrons. The first kappa shape index (κ1) is 17.5. The standard InChI is InChI=1S/C20H23N3O4/c1-3-21-19(25)23-10-8-20(9-11-23)22-18(24)15-7-5-13-4-6-14(26-2)12-16(13)17(15)27-20/h4-7,12H,3,8-11H2,1-2H3,(H,21,25)(H,22,24). The van der Waals surface area contributed by atoms with Crippen LogP contribution in [0, 0.1) is 0 Å². The van der Waals surface area contributed by atoms with E-state index >= 15 is 0 Å². The summed E-state index contributed by atoms with van der Waals surface area (Å²) >= 11 is 0. The molecular weight excluding hydrogens is 346 g/mol. The third-order valence-electron chi connectivity index (χ3n) is 5.25. The van der Waals surface area contributed by atoms with E-state index in [4.69, 9.17) is 9.47 Å². The lowest BCUT2D eigenvalue weighted by Gasteiger charge is -2.44. The molecule has 2 aliphatic rings. The average Bonchev–Trinajstić information content (AvgIpc) is 2.68. The van der Waals surface area contributed by atoms with Crippen molar-refractivity contribution in [1.82, 2.24) is 15.5 Å². The maximum Gasteiger partial charge on any atom is 0.317 e. The zero-order valence-electron chi connectivity index (χ0n) is 15.5. The van der Waals surface area contributed by atoms with E-state index in [9.17, 15) is 9.59 Å². The van der Waals surface area contributed by atoms with Crippen LogP contribution < -0.4 is 20.1 Å². The number of carbonyl (C=O) groups is 2. The molecule has 2 N–H and O–H groups in total. The van der Waals surface area contributed by atoms with Crippen LogP contribution in [0.2, 0.25) is 0 Å². The Bertz CT molecular complexity index is 903. The number of hydrogen-bond donors (Lipinski definition) is 2. The molecule has 7 nitrogen and oxygen atoms in total. The van der Waals surface area contributed by atoms with Gasteiger partial charge in [0.2, 0.25) is 0 Å². The molecule has 0 aromatic heterocycles. The number of likely N-dealkylation sites (tertiary alicyclic amines) is 1. The van der Waals surface area contributed by atoms with E-state index in [1.54, 1.807) is 18.1 Å².